The number of halogens is 2. The van der Waals surface area contributed by atoms with E-state index in [0.717, 1.165) is 11.1 Å². The Kier molecular flexibility index (Phi) is 4.39. The van der Waals surface area contributed by atoms with Crippen LogP contribution in [0.25, 0.3) is 0 Å². The van der Waals surface area contributed by atoms with E-state index in [0.29, 0.717) is 12.4 Å². The van der Waals surface area contributed by atoms with Gasteiger partial charge in [-0.3, -0.25) is 0 Å². The summed E-state index contributed by atoms with van der Waals surface area (Å²) >= 11 is 0. The maximum absolute atomic E-state index is 13.4. The Bertz CT molecular complexity index is 769. The van der Waals surface area contributed by atoms with Crippen LogP contribution in [0, 0.1) is 12.7 Å². The van der Waals surface area contributed by atoms with Gasteiger partial charge in [-0.25, -0.2) is 17.8 Å². The summed E-state index contributed by atoms with van der Waals surface area (Å²) in [6, 6.07) is 4.52. The van der Waals surface area contributed by atoms with Gasteiger partial charge in [-0.05, 0) is 30.2 Å². The summed E-state index contributed by atoms with van der Waals surface area (Å²) in [5.74, 6) is 0.288. The minimum atomic E-state index is -3.88. The van der Waals surface area contributed by atoms with Gasteiger partial charge in [-0.15, -0.1) is 0 Å². The molecule has 2 rings (SSSR count). The SMILES string of the molecule is Cc1ccc(F)cc1Cn1cc(S(=O)(=O)Cl)nc1C(C)C. The number of hydrogen-bond acceptors (Lipinski definition) is 3. The van der Waals surface area contributed by atoms with Crippen LogP contribution in [-0.4, -0.2) is 18.0 Å². The van der Waals surface area contributed by atoms with E-state index < -0.39 is 9.05 Å². The van der Waals surface area contributed by atoms with Crippen LogP contribution in [0.2, 0.25) is 0 Å². The fourth-order valence-electron chi connectivity index (χ4n) is 2.10. The molecule has 1 aromatic heterocycles. The molecule has 7 heteroatoms. The average molecular weight is 331 g/mol. The summed E-state index contributed by atoms with van der Waals surface area (Å²) in [5, 5.41) is -0.179. The number of nitrogens with zero attached hydrogens (tertiary/aromatic N) is 2. The van der Waals surface area contributed by atoms with Crippen molar-refractivity contribution < 1.29 is 12.8 Å². The lowest BCUT2D eigenvalue weighted by molar-refractivity contribution is 0.606. The smallest absolute Gasteiger partial charge is 0.280 e. The van der Waals surface area contributed by atoms with E-state index in [4.69, 9.17) is 10.7 Å². The Balaban J connectivity index is 2.48. The highest BCUT2D eigenvalue weighted by Crippen LogP contribution is 2.22. The lowest BCUT2D eigenvalue weighted by atomic mass is 10.1. The first-order chi connectivity index (χ1) is 9.68. The Hall–Kier alpha value is -1.40. The molecule has 0 spiro atoms. The normalized spacial score (nSPS) is 12.1. The third-order valence-electron chi connectivity index (χ3n) is 3.20. The Morgan fingerprint density at radius 1 is 1.38 bits per heavy atom. The van der Waals surface area contributed by atoms with Gasteiger partial charge in [0.2, 0.25) is 0 Å². The van der Waals surface area contributed by atoms with Crippen molar-refractivity contribution in [2.45, 2.75) is 38.3 Å². The molecule has 1 aromatic carbocycles. The quantitative estimate of drug-likeness (QED) is 0.807. The Morgan fingerprint density at radius 3 is 2.62 bits per heavy atom. The van der Waals surface area contributed by atoms with E-state index in [1.54, 1.807) is 10.6 Å². The molecule has 0 aliphatic rings. The number of rotatable bonds is 4. The summed E-state index contributed by atoms with van der Waals surface area (Å²) in [6.07, 6.45) is 1.39. The van der Waals surface area contributed by atoms with Crippen molar-refractivity contribution in [3.8, 4) is 0 Å². The largest absolute Gasteiger partial charge is 0.329 e. The van der Waals surface area contributed by atoms with Crippen LogP contribution >= 0.6 is 10.7 Å². The van der Waals surface area contributed by atoms with Crippen molar-refractivity contribution in [1.82, 2.24) is 9.55 Å². The third-order valence-corrected chi connectivity index (χ3v) is 4.37. The predicted octanol–water partition coefficient (Wildman–Crippen LogP) is 3.43. The molecular weight excluding hydrogens is 315 g/mol. The molecule has 0 bridgehead atoms. The summed E-state index contributed by atoms with van der Waals surface area (Å²) in [6.45, 7) is 6.03. The molecule has 114 valence electrons. The van der Waals surface area contributed by atoms with Crippen molar-refractivity contribution in [3.05, 3.63) is 47.2 Å². The second-order valence-electron chi connectivity index (χ2n) is 5.23. The zero-order chi connectivity index (χ0) is 15.8. The lowest BCUT2D eigenvalue weighted by Gasteiger charge is -2.12. The van der Waals surface area contributed by atoms with E-state index in [9.17, 15) is 12.8 Å². The van der Waals surface area contributed by atoms with Crippen molar-refractivity contribution in [2.75, 3.05) is 0 Å². The lowest BCUT2D eigenvalue weighted by Crippen LogP contribution is -2.07. The second-order valence-corrected chi connectivity index (χ2v) is 7.74. The standard InChI is InChI=1S/C14H16ClFN2O2S/c1-9(2)14-17-13(21(15,19)20)8-18(14)7-11-6-12(16)5-4-10(11)3/h4-6,8-9H,7H2,1-3H3. The fraction of sp³-hybridized carbons (Fsp3) is 0.357. The first-order valence-electron chi connectivity index (χ1n) is 6.45. The maximum atomic E-state index is 13.4. The van der Waals surface area contributed by atoms with Gasteiger partial charge >= 0.3 is 0 Å². The molecule has 0 amide bonds. The molecule has 2 aromatic rings. The van der Waals surface area contributed by atoms with E-state index in [2.05, 4.69) is 4.98 Å². The van der Waals surface area contributed by atoms with Gasteiger partial charge in [-0.2, -0.15) is 0 Å². The minimum absolute atomic E-state index is 0.0195. The summed E-state index contributed by atoms with van der Waals surface area (Å²) in [5.41, 5.74) is 1.70. The first-order valence-corrected chi connectivity index (χ1v) is 8.76. The molecule has 0 radical (unpaired) electrons. The van der Waals surface area contributed by atoms with Crippen LogP contribution in [-0.2, 0) is 15.6 Å². The van der Waals surface area contributed by atoms with Gasteiger partial charge in [0.15, 0.2) is 5.03 Å². The fourth-order valence-corrected chi connectivity index (χ4v) is 2.78. The molecule has 0 fully saturated rings. The van der Waals surface area contributed by atoms with Crippen LogP contribution in [0.5, 0.6) is 0 Å². The molecule has 0 aliphatic carbocycles. The first kappa shape index (κ1) is 16.0. The highest BCUT2D eigenvalue weighted by Gasteiger charge is 2.20. The molecule has 0 N–H and O–H groups in total. The van der Waals surface area contributed by atoms with E-state index >= 15 is 0 Å². The van der Waals surface area contributed by atoms with Gasteiger partial charge in [0.1, 0.15) is 11.6 Å². The van der Waals surface area contributed by atoms with Crippen LogP contribution in [0.3, 0.4) is 0 Å². The Labute approximate surface area is 128 Å². The van der Waals surface area contributed by atoms with Gasteiger partial charge in [-0.1, -0.05) is 19.9 Å². The molecule has 21 heavy (non-hydrogen) atoms. The monoisotopic (exact) mass is 330 g/mol. The van der Waals surface area contributed by atoms with Crippen molar-refractivity contribution in [3.63, 3.8) is 0 Å². The molecule has 0 aliphatic heterocycles. The topological polar surface area (TPSA) is 52.0 Å². The summed E-state index contributed by atoms with van der Waals surface area (Å²) < 4.78 is 37.9. The molecule has 0 saturated heterocycles. The van der Waals surface area contributed by atoms with Gasteiger partial charge < -0.3 is 4.57 Å². The van der Waals surface area contributed by atoms with E-state index in [1.807, 2.05) is 20.8 Å². The van der Waals surface area contributed by atoms with Crippen LogP contribution in [0.4, 0.5) is 4.39 Å². The van der Waals surface area contributed by atoms with Crippen molar-refractivity contribution in [2.24, 2.45) is 0 Å². The van der Waals surface area contributed by atoms with Crippen LogP contribution in [0.15, 0.2) is 29.4 Å². The number of benzene rings is 1. The molecule has 1 heterocycles. The third kappa shape index (κ3) is 3.63. The van der Waals surface area contributed by atoms with Crippen LogP contribution in [0.1, 0.15) is 36.7 Å². The van der Waals surface area contributed by atoms with E-state index in [-0.39, 0.29) is 16.8 Å². The maximum Gasteiger partial charge on any atom is 0.280 e. The average Bonchev–Trinajstić information content (AvgIpc) is 2.78. The molecule has 4 nitrogen and oxygen atoms in total. The number of aryl methyl sites for hydroxylation is 1. The molecular formula is C14H16ClFN2O2S. The number of imidazole rings is 1. The number of hydrogen-bond donors (Lipinski definition) is 0. The van der Waals surface area contributed by atoms with Crippen molar-refractivity contribution in [1.29, 1.82) is 0 Å². The van der Waals surface area contributed by atoms with Gasteiger partial charge in [0, 0.05) is 29.3 Å². The summed E-state index contributed by atoms with van der Waals surface area (Å²) in [4.78, 5) is 4.08. The zero-order valence-corrected chi connectivity index (χ0v) is 13.5. The van der Waals surface area contributed by atoms with Gasteiger partial charge in [0.05, 0.1) is 0 Å². The van der Waals surface area contributed by atoms with Crippen molar-refractivity contribution >= 4 is 19.7 Å². The molecule has 0 unspecified atom stereocenters. The van der Waals surface area contributed by atoms with E-state index in [1.165, 1.54) is 18.3 Å². The summed E-state index contributed by atoms with van der Waals surface area (Å²) in [7, 11) is 1.46. The number of aromatic nitrogens is 2. The minimum Gasteiger partial charge on any atom is -0.329 e. The van der Waals surface area contributed by atoms with Gasteiger partial charge in [0.25, 0.3) is 9.05 Å². The Morgan fingerprint density at radius 2 is 2.05 bits per heavy atom. The zero-order valence-electron chi connectivity index (χ0n) is 12.0. The second kappa shape index (κ2) is 5.77. The highest BCUT2D eigenvalue weighted by atomic mass is 35.7. The highest BCUT2D eigenvalue weighted by molar-refractivity contribution is 8.13. The van der Waals surface area contributed by atoms with Crippen LogP contribution < -0.4 is 0 Å². The molecule has 0 saturated carbocycles. The molecule has 0 atom stereocenters. The predicted molar refractivity (Wildman–Crippen MR) is 79.6 cm³/mol.